The molecule has 18 heavy (non-hydrogen) atoms. The largest absolute Gasteiger partial charge is 0.375 e. The molecule has 0 saturated heterocycles. The molecule has 6 heteroatoms. The van der Waals surface area contributed by atoms with Gasteiger partial charge in [0.2, 0.25) is 5.91 Å². The molecule has 0 spiro atoms. The van der Waals surface area contributed by atoms with E-state index >= 15 is 0 Å². The molecule has 2 aromatic rings. The second kappa shape index (κ2) is 5.41. The van der Waals surface area contributed by atoms with Crippen LogP contribution in [0.2, 0.25) is 0 Å². The first kappa shape index (κ1) is 12.9. The number of nitrogen functional groups attached to an aromatic ring is 1. The van der Waals surface area contributed by atoms with Crippen LogP contribution in [0.4, 0.5) is 10.8 Å². The van der Waals surface area contributed by atoms with Crippen LogP contribution in [0.5, 0.6) is 0 Å². The van der Waals surface area contributed by atoms with Gasteiger partial charge in [-0.3, -0.25) is 4.79 Å². The van der Waals surface area contributed by atoms with E-state index in [1.165, 1.54) is 18.3 Å². The molecular formula is C12H13N3OS2. The highest BCUT2D eigenvalue weighted by Crippen LogP contribution is 2.31. The zero-order chi connectivity index (χ0) is 13.1. The molecule has 0 unspecified atom stereocenters. The fourth-order valence-corrected chi connectivity index (χ4v) is 2.68. The number of nitrogens with two attached hydrogens (primary N) is 1. The second-order valence-corrected chi connectivity index (χ2v) is 5.40. The summed E-state index contributed by atoms with van der Waals surface area (Å²) in [5, 5.41) is 5.27. The van der Waals surface area contributed by atoms with Crippen LogP contribution in [-0.2, 0) is 4.79 Å². The molecule has 4 nitrogen and oxygen atoms in total. The molecular weight excluding hydrogens is 266 g/mol. The van der Waals surface area contributed by atoms with Crippen molar-refractivity contribution < 1.29 is 4.79 Å². The van der Waals surface area contributed by atoms with Crippen molar-refractivity contribution in [3.05, 3.63) is 23.6 Å². The molecule has 0 saturated carbocycles. The van der Waals surface area contributed by atoms with Gasteiger partial charge in [0.1, 0.15) is 0 Å². The summed E-state index contributed by atoms with van der Waals surface area (Å²) in [5.41, 5.74) is 8.21. The van der Waals surface area contributed by atoms with E-state index in [4.69, 9.17) is 5.73 Å². The predicted octanol–water partition coefficient (Wildman–Crippen LogP) is 3.07. The number of aromatic nitrogens is 1. The van der Waals surface area contributed by atoms with Crippen LogP contribution >= 0.6 is 23.1 Å². The zero-order valence-electron chi connectivity index (χ0n) is 10.1. The number of anilines is 2. The Bertz CT molecular complexity index is 580. The first-order chi connectivity index (χ1) is 8.60. The maximum Gasteiger partial charge on any atom is 0.221 e. The lowest BCUT2D eigenvalue weighted by atomic mass is 10.1. The number of benzene rings is 1. The topological polar surface area (TPSA) is 68.0 Å². The van der Waals surface area contributed by atoms with Crippen molar-refractivity contribution in [3.8, 4) is 11.3 Å². The van der Waals surface area contributed by atoms with Crippen LogP contribution in [0.25, 0.3) is 11.3 Å². The predicted molar refractivity (Wildman–Crippen MR) is 78.0 cm³/mol. The molecule has 0 atom stereocenters. The Labute approximate surface area is 114 Å². The maximum absolute atomic E-state index is 11.2. The Morgan fingerprint density at radius 3 is 2.83 bits per heavy atom. The molecule has 1 amide bonds. The summed E-state index contributed by atoms with van der Waals surface area (Å²) in [5.74, 6) is -0.0831. The number of nitrogens with one attached hydrogen (secondary N) is 1. The third-order valence-electron chi connectivity index (χ3n) is 2.33. The number of hydrogen-bond acceptors (Lipinski definition) is 5. The number of hydrogen-bond donors (Lipinski definition) is 2. The summed E-state index contributed by atoms with van der Waals surface area (Å²) >= 11 is 2.99. The smallest absolute Gasteiger partial charge is 0.221 e. The van der Waals surface area contributed by atoms with E-state index in [9.17, 15) is 4.79 Å². The Morgan fingerprint density at radius 1 is 1.50 bits per heavy atom. The molecule has 0 radical (unpaired) electrons. The van der Waals surface area contributed by atoms with E-state index < -0.39 is 0 Å². The van der Waals surface area contributed by atoms with Crippen molar-refractivity contribution in [2.75, 3.05) is 17.3 Å². The Balaban J connectivity index is 2.41. The molecule has 1 aromatic heterocycles. The van der Waals surface area contributed by atoms with Gasteiger partial charge in [0.25, 0.3) is 0 Å². The van der Waals surface area contributed by atoms with Crippen LogP contribution in [0.3, 0.4) is 0 Å². The van der Waals surface area contributed by atoms with Crippen molar-refractivity contribution in [1.29, 1.82) is 0 Å². The van der Waals surface area contributed by atoms with Crippen molar-refractivity contribution in [1.82, 2.24) is 4.98 Å². The molecule has 1 heterocycles. The third-order valence-corrected chi connectivity index (χ3v) is 3.80. The molecule has 1 aromatic carbocycles. The summed E-state index contributed by atoms with van der Waals surface area (Å²) < 4.78 is 0. The summed E-state index contributed by atoms with van der Waals surface area (Å²) in [7, 11) is 0. The van der Waals surface area contributed by atoms with Crippen LogP contribution < -0.4 is 11.1 Å². The van der Waals surface area contributed by atoms with Crippen LogP contribution in [-0.4, -0.2) is 17.1 Å². The molecule has 0 aliphatic rings. The average Bonchev–Trinajstić information content (AvgIpc) is 2.75. The van der Waals surface area contributed by atoms with Crippen molar-refractivity contribution >= 4 is 39.8 Å². The number of thioether (sulfide) groups is 1. The molecule has 0 bridgehead atoms. The minimum absolute atomic E-state index is 0.0831. The average molecular weight is 279 g/mol. The Kier molecular flexibility index (Phi) is 3.88. The summed E-state index contributed by atoms with van der Waals surface area (Å²) in [6, 6.07) is 5.87. The van der Waals surface area contributed by atoms with Crippen LogP contribution in [0, 0.1) is 0 Å². The summed E-state index contributed by atoms with van der Waals surface area (Å²) in [6.45, 7) is 1.50. The highest BCUT2D eigenvalue weighted by atomic mass is 32.2. The SMILES string of the molecule is CSc1ccc(-c2csc(N)n2)cc1NC(C)=O. The van der Waals surface area contributed by atoms with Gasteiger partial charge < -0.3 is 11.1 Å². The number of rotatable bonds is 3. The van der Waals surface area contributed by atoms with E-state index in [1.54, 1.807) is 11.8 Å². The Hall–Kier alpha value is -1.53. The van der Waals surface area contributed by atoms with Gasteiger partial charge in [0, 0.05) is 22.8 Å². The summed E-state index contributed by atoms with van der Waals surface area (Å²) in [4.78, 5) is 16.4. The van der Waals surface area contributed by atoms with E-state index in [0.29, 0.717) is 5.13 Å². The van der Waals surface area contributed by atoms with Crippen molar-refractivity contribution in [2.24, 2.45) is 0 Å². The lowest BCUT2D eigenvalue weighted by Crippen LogP contribution is -2.06. The zero-order valence-corrected chi connectivity index (χ0v) is 11.7. The van der Waals surface area contributed by atoms with Crippen molar-refractivity contribution in [2.45, 2.75) is 11.8 Å². The number of amides is 1. The number of carbonyl (C=O) groups is 1. The van der Waals surface area contributed by atoms with Gasteiger partial charge in [0.05, 0.1) is 11.4 Å². The first-order valence-electron chi connectivity index (χ1n) is 5.27. The normalized spacial score (nSPS) is 10.3. The first-order valence-corrected chi connectivity index (χ1v) is 7.37. The van der Waals surface area contributed by atoms with Gasteiger partial charge in [-0.2, -0.15) is 0 Å². The van der Waals surface area contributed by atoms with Gasteiger partial charge in [-0.25, -0.2) is 4.98 Å². The van der Waals surface area contributed by atoms with E-state index in [0.717, 1.165) is 21.8 Å². The molecule has 0 aliphatic heterocycles. The second-order valence-electron chi connectivity index (χ2n) is 3.67. The maximum atomic E-state index is 11.2. The molecule has 0 fully saturated rings. The summed E-state index contributed by atoms with van der Waals surface area (Å²) in [6.07, 6.45) is 1.97. The molecule has 0 aliphatic carbocycles. The number of carbonyl (C=O) groups excluding carboxylic acids is 1. The highest BCUT2D eigenvalue weighted by Gasteiger charge is 2.08. The molecule has 3 N–H and O–H groups in total. The fraction of sp³-hybridized carbons (Fsp3) is 0.167. The Morgan fingerprint density at radius 2 is 2.28 bits per heavy atom. The van der Waals surface area contributed by atoms with Crippen molar-refractivity contribution in [3.63, 3.8) is 0 Å². The lowest BCUT2D eigenvalue weighted by molar-refractivity contribution is -0.114. The number of nitrogens with zero attached hydrogens (tertiary/aromatic N) is 1. The van der Waals surface area contributed by atoms with Gasteiger partial charge in [0.15, 0.2) is 5.13 Å². The molecule has 94 valence electrons. The lowest BCUT2D eigenvalue weighted by Gasteiger charge is -2.09. The van der Waals surface area contributed by atoms with E-state index in [2.05, 4.69) is 10.3 Å². The van der Waals surface area contributed by atoms with E-state index in [1.807, 2.05) is 29.8 Å². The standard InChI is InChI=1S/C12H13N3OS2/c1-7(16)14-9-5-8(3-4-11(9)17-2)10-6-18-12(13)15-10/h3-6H,1-2H3,(H2,13,15)(H,14,16). The van der Waals surface area contributed by atoms with E-state index in [-0.39, 0.29) is 5.91 Å². The van der Waals surface area contributed by atoms with Crippen LogP contribution in [0.1, 0.15) is 6.92 Å². The van der Waals surface area contributed by atoms with Crippen LogP contribution in [0.15, 0.2) is 28.5 Å². The van der Waals surface area contributed by atoms with Gasteiger partial charge >= 0.3 is 0 Å². The number of thiazole rings is 1. The van der Waals surface area contributed by atoms with Gasteiger partial charge in [-0.15, -0.1) is 23.1 Å². The van der Waals surface area contributed by atoms with Gasteiger partial charge in [-0.05, 0) is 18.4 Å². The third kappa shape index (κ3) is 2.83. The minimum Gasteiger partial charge on any atom is -0.375 e. The van der Waals surface area contributed by atoms with Gasteiger partial charge in [-0.1, -0.05) is 6.07 Å². The minimum atomic E-state index is -0.0831. The molecule has 2 rings (SSSR count). The highest BCUT2D eigenvalue weighted by molar-refractivity contribution is 7.98. The monoisotopic (exact) mass is 279 g/mol. The fourth-order valence-electron chi connectivity index (χ4n) is 1.57. The quantitative estimate of drug-likeness (QED) is 0.847.